The van der Waals surface area contributed by atoms with E-state index in [4.69, 9.17) is 14.2 Å². The minimum absolute atomic E-state index is 0.0539. The number of alkyl halides is 2. The van der Waals surface area contributed by atoms with Crippen molar-refractivity contribution in [1.29, 1.82) is 0 Å². The molecule has 3 aromatic rings. The topological polar surface area (TPSA) is 85.8 Å². The van der Waals surface area contributed by atoms with Gasteiger partial charge >= 0.3 is 0 Å². The summed E-state index contributed by atoms with van der Waals surface area (Å²) in [7, 11) is 0. The molecular weight excluding hydrogens is 489 g/mol. The van der Waals surface area contributed by atoms with Crippen LogP contribution in [0.5, 0.6) is 11.5 Å². The molecule has 1 amide bonds. The van der Waals surface area contributed by atoms with Crippen LogP contribution in [0, 0.1) is 12.7 Å². The zero-order valence-electron chi connectivity index (χ0n) is 20.6. The third-order valence-electron chi connectivity index (χ3n) is 6.63. The number of aryl methyl sites for hydroxylation is 1. The fraction of sp³-hybridized carbons (Fsp3) is 0.423. The second-order valence-corrected chi connectivity index (χ2v) is 9.28. The normalized spacial score (nSPS) is 20.2. The minimum Gasteiger partial charge on any atom is -0.485 e. The van der Waals surface area contributed by atoms with E-state index in [1.165, 1.54) is 12.1 Å². The molecule has 2 aromatic carbocycles. The van der Waals surface area contributed by atoms with Crippen LogP contribution in [0.4, 0.5) is 19.0 Å². The van der Waals surface area contributed by atoms with Gasteiger partial charge in [0.05, 0.1) is 30.0 Å². The summed E-state index contributed by atoms with van der Waals surface area (Å²) in [5.41, 5.74) is 0.0539. The Morgan fingerprint density at radius 1 is 1.16 bits per heavy atom. The highest BCUT2D eigenvalue weighted by Gasteiger charge is 2.34. The molecule has 0 saturated carbocycles. The maximum absolute atomic E-state index is 14.7. The van der Waals surface area contributed by atoms with Gasteiger partial charge in [-0.05, 0) is 32.9 Å². The maximum atomic E-state index is 14.7. The molecule has 196 valence electrons. The predicted octanol–water partition coefficient (Wildman–Crippen LogP) is 4.58. The largest absolute Gasteiger partial charge is 0.485 e. The Kier molecular flexibility index (Phi) is 6.80. The smallest absolute Gasteiger partial charge is 0.267 e. The molecule has 1 aromatic heterocycles. The molecule has 2 unspecified atom stereocenters. The lowest BCUT2D eigenvalue weighted by Crippen LogP contribution is -2.52. The molecule has 5 rings (SSSR count). The van der Waals surface area contributed by atoms with Crippen molar-refractivity contribution in [3.63, 3.8) is 0 Å². The van der Waals surface area contributed by atoms with Crippen LogP contribution in [0.3, 0.4) is 0 Å². The van der Waals surface area contributed by atoms with Crippen LogP contribution in [-0.2, 0) is 9.53 Å². The van der Waals surface area contributed by atoms with Crippen LogP contribution in [0.25, 0.3) is 10.8 Å². The number of rotatable bonds is 5. The molecule has 0 radical (unpaired) electrons. The number of hydrogen-bond acceptors (Lipinski definition) is 7. The second kappa shape index (κ2) is 10.0. The number of amides is 1. The van der Waals surface area contributed by atoms with Gasteiger partial charge in [0, 0.05) is 29.4 Å². The molecular formula is C26H27F3N4O4. The molecule has 8 nitrogen and oxygen atoms in total. The van der Waals surface area contributed by atoms with Gasteiger partial charge in [-0.15, -0.1) is 5.10 Å². The van der Waals surface area contributed by atoms with Crippen LogP contribution >= 0.6 is 0 Å². The van der Waals surface area contributed by atoms with Crippen LogP contribution in [-0.4, -0.2) is 59.5 Å². The number of halogens is 3. The van der Waals surface area contributed by atoms with Gasteiger partial charge in [-0.3, -0.25) is 4.79 Å². The first-order chi connectivity index (χ1) is 17.7. The molecule has 0 bridgehead atoms. The number of nitrogens with zero attached hydrogens (tertiary/aromatic N) is 3. The van der Waals surface area contributed by atoms with E-state index in [-0.39, 0.29) is 24.2 Å². The van der Waals surface area contributed by atoms with Crippen LogP contribution in [0.2, 0.25) is 0 Å². The Morgan fingerprint density at radius 2 is 1.92 bits per heavy atom. The molecule has 1 fully saturated rings. The van der Waals surface area contributed by atoms with E-state index in [1.807, 2.05) is 6.92 Å². The predicted molar refractivity (Wildman–Crippen MR) is 130 cm³/mol. The number of morpholine rings is 1. The lowest BCUT2D eigenvalue weighted by Gasteiger charge is -2.35. The van der Waals surface area contributed by atoms with Crippen molar-refractivity contribution in [2.45, 2.75) is 45.4 Å². The number of hydrogen-bond donors (Lipinski definition) is 1. The first kappa shape index (κ1) is 25.1. The number of benzene rings is 2. The van der Waals surface area contributed by atoms with Gasteiger partial charge in [0.15, 0.2) is 17.3 Å². The molecule has 1 N–H and O–H groups in total. The number of carbonyl (C=O) groups excluding carboxylic acids is 1. The molecule has 37 heavy (non-hydrogen) atoms. The molecule has 3 atom stereocenters. The molecule has 2 aliphatic rings. The summed E-state index contributed by atoms with van der Waals surface area (Å²) in [5, 5.41) is 12.8. The van der Waals surface area contributed by atoms with Crippen molar-refractivity contribution >= 4 is 22.5 Å². The fourth-order valence-corrected chi connectivity index (χ4v) is 4.65. The summed E-state index contributed by atoms with van der Waals surface area (Å²) in [6.07, 6.45) is -3.79. The highest BCUT2D eigenvalue weighted by Crippen LogP contribution is 2.39. The van der Waals surface area contributed by atoms with Crippen LogP contribution in [0.15, 0.2) is 30.3 Å². The van der Waals surface area contributed by atoms with E-state index in [1.54, 1.807) is 30.9 Å². The Morgan fingerprint density at radius 3 is 2.68 bits per heavy atom. The summed E-state index contributed by atoms with van der Waals surface area (Å²) < 4.78 is 58.6. The monoisotopic (exact) mass is 516 g/mol. The highest BCUT2D eigenvalue weighted by atomic mass is 19.3. The summed E-state index contributed by atoms with van der Waals surface area (Å²) in [6, 6.07) is 6.69. The lowest BCUT2D eigenvalue weighted by atomic mass is 10.0. The maximum Gasteiger partial charge on any atom is 0.267 e. The Hall–Kier alpha value is -3.60. The number of carbonyl (C=O) groups is 1. The van der Waals surface area contributed by atoms with Crippen molar-refractivity contribution in [2.24, 2.45) is 0 Å². The number of anilines is 1. The van der Waals surface area contributed by atoms with Crippen molar-refractivity contribution in [2.75, 3.05) is 31.6 Å². The number of nitrogens with one attached hydrogen (secondary N) is 1. The first-order valence-electron chi connectivity index (χ1n) is 12.1. The number of fused-ring (bicyclic) bond motifs is 2. The average Bonchev–Trinajstić information content (AvgIpc) is 2.88. The molecule has 0 aliphatic carbocycles. The van der Waals surface area contributed by atoms with Crippen molar-refractivity contribution in [3.05, 3.63) is 53.0 Å². The second-order valence-electron chi connectivity index (χ2n) is 9.28. The Balaban J connectivity index is 1.44. The molecule has 0 spiro atoms. The highest BCUT2D eigenvalue weighted by molar-refractivity contribution is 5.96. The lowest BCUT2D eigenvalue weighted by molar-refractivity contribution is -0.148. The molecule has 3 heterocycles. The molecule has 11 heteroatoms. The summed E-state index contributed by atoms with van der Waals surface area (Å²) >= 11 is 0. The van der Waals surface area contributed by atoms with Crippen molar-refractivity contribution in [1.82, 2.24) is 15.1 Å². The Bertz CT molecular complexity index is 1340. The van der Waals surface area contributed by atoms with E-state index in [9.17, 15) is 18.0 Å². The fourth-order valence-electron chi connectivity index (χ4n) is 4.65. The van der Waals surface area contributed by atoms with Crippen LogP contribution < -0.4 is 14.8 Å². The van der Waals surface area contributed by atoms with E-state index in [2.05, 4.69) is 15.5 Å². The van der Waals surface area contributed by atoms with Gasteiger partial charge < -0.3 is 24.4 Å². The zero-order valence-corrected chi connectivity index (χ0v) is 20.6. The van der Waals surface area contributed by atoms with E-state index in [0.29, 0.717) is 48.1 Å². The van der Waals surface area contributed by atoms with Gasteiger partial charge in [0.2, 0.25) is 6.10 Å². The van der Waals surface area contributed by atoms with Gasteiger partial charge in [0.1, 0.15) is 12.4 Å². The van der Waals surface area contributed by atoms with Gasteiger partial charge in [-0.1, -0.05) is 18.2 Å². The SMILES string of the molecule is Cc1nnc(N[C@H](C)c2cccc(C(F)F)c2F)c2cc3c(cc12)OCC(C(=O)N1CCOC(C)C1)O3. The van der Waals surface area contributed by atoms with E-state index in [0.717, 1.165) is 11.5 Å². The summed E-state index contributed by atoms with van der Waals surface area (Å²) in [4.78, 5) is 14.8. The third-order valence-corrected chi connectivity index (χ3v) is 6.63. The average molecular weight is 517 g/mol. The number of aromatic nitrogens is 2. The van der Waals surface area contributed by atoms with E-state index < -0.39 is 30.0 Å². The zero-order chi connectivity index (χ0) is 26.3. The van der Waals surface area contributed by atoms with E-state index >= 15 is 0 Å². The Labute approximate surface area is 211 Å². The quantitative estimate of drug-likeness (QED) is 0.532. The summed E-state index contributed by atoms with van der Waals surface area (Å²) in [5.74, 6) is 0.0166. The third kappa shape index (κ3) is 4.87. The number of ether oxygens (including phenoxy) is 3. The van der Waals surface area contributed by atoms with Crippen LogP contribution in [0.1, 0.15) is 43.1 Å². The summed E-state index contributed by atoms with van der Waals surface area (Å²) in [6.45, 7) is 6.85. The van der Waals surface area contributed by atoms with Gasteiger partial charge in [0.25, 0.3) is 12.3 Å². The molecule has 2 aliphatic heterocycles. The van der Waals surface area contributed by atoms with Crippen molar-refractivity contribution < 1.29 is 32.2 Å². The standard InChI is InChI=1S/C26H27F3N4O4/c1-13-11-33(7-8-35-13)26(34)22-12-36-20-9-18-15(3)31-32-25(19(18)10-21(20)37-22)30-14(2)16-5-4-6-17(23(16)27)24(28)29/h4-6,9-10,13-14,22,24H,7-8,11-12H2,1-3H3,(H,30,32)/t13?,14-,22?/m1/s1. The van der Waals surface area contributed by atoms with Gasteiger partial charge in [-0.25, -0.2) is 13.2 Å². The molecule has 1 saturated heterocycles. The first-order valence-corrected chi connectivity index (χ1v) is 12.1. The van der Waals surface area contributed by atoms with Crippen molar-refractivity contribution in [3.8, 4) is 11.5 Å². The minimum atomic E-state index is -2.92. The van der Waals surface area contributed by atoms with Gasteiger partial charge in [-0.2, -0.15) is 5.10 Å².